The highest BCUT2D eigenvalue weighted by atomic mass is 32.2. The van der Waals surface area contributed by atoms with Crippen molar-refractivity contribution in [2.24, 2.45) is 0 Å². The van der Waals surface area contributed by atoms with Crippen molar-refractivity contribution in [2.75, 3.05) is 24.7 Å². The number of ether oxygens (including phenoxy) is 1. The molecule has 1 aromatic rings. The Bertz CT molecular complexity index is 353. The summed E-state index contributed by atoms with van der Waals surface area (Å²) >= 11 is 1.56. The molecule has 2 heterocycles. The molecule has 0 bridgehead atoms. The molecule has 1 saturated heterocycles. The minimum atomic E-state index is 0.341. The molecule has 0 aromatic carbocycles. The lowest BCUT2D eigenvalue weighted by molar-refractivity contribution is 0.120. The van der Waals surface area contributed by atoms with Crippen molar-refractivity contribution in [3.8, 4) is 0 Å². The monoisotopic (exact) mass is 239 g/mol. The molecule has 2 rings (SSSR count). The van der Waals surface area contributed by atoms with E-state index >= 15 is 0 Å². The zero-order valence-electron chi connectivity index (χ0n) is 9.69. The fourth-order valence-electron chi connectivity index (χ4n) is 1.75. The molecule has 1 aromatic heterocycles. The quantitative estimate of drug-likeness (QED) is 0.644. The summed E-state index contributed by atoms with van der Waals surface area (Å²) in [6.07, 6.45) is 4.64. The molecule has 16 heavy (non-hydrogen) atoms. The normalized spacial score (nSPS) is 20.0. The number of hydrogen-bond donors (Lipinski definition) is 1. The Morgan fingerprint density at radius 1 is 1.56 bits per heavy atom. The van der Waals surface area contributed by atoms with Crippen molar-refractivity contribution < 1.29 is 4.74 Å². The number of aryl methyl sites for hydroxylation is 1. The van der Waals surface area contributed by atoms with Gasteiger partial charge in [-0.05, 0) is 26.0 Å². The van der Waals surface area contributed by atoms with E-state index in [9.17, 15) is 0 Å². The summed E-state index contributed by atoms with van der Waals surface area (Å²) < 4.78 is 5.55. The largest absolute Gasteiger partial charge is 0.376 e. The maximum Gasteiger partial charge on any atom is 0.189 e. The third-order valence-electron chi connectivity index (χ3n) is 2.55. The van der Waals surface area contributed by atoms with Crippen LogP contribution in [-0.4, -0.2) is 35.5 Å². The van der Waals surface area contributed by atoms with Crippen LogP contribution in [0.25, 0.3) is 0 Å². The summed E-state index contributed by atoms with van der Waals surface area (Å²) in [7, 11) is 0. The molecule has 0 aliphatic carbocycles. The number of aromatic nitrogens is 2. The van der Waals surface area contributed by atoms with Crippen LogP contribution in [0.4, 0.5) is 5.82 Å². The molecule has 1 fully saturated rings. The highest BCUT2D eigenvalue weighted by Crippen LogP contribution is 2.16. The molecule has 1 atom stereocenters. The van der Waals surface area contributed by atoms with Gasteiger partial charge in [-0.1, -0.05) is 11.8 Å². The Hall–Kier alpha value is -0.810. The highest BCUT2D eigenvalue weighted by molar-refractivity contribution is 7.98. The van der Waals surface area contributed by atoms with Crippen LogP contribution in [0.1, 0.15) is 18.5 Å². The molecule has 0 radical (unpaired) electrons. The van der Waals surface area contributed by atoms with Crippen LogP contribution in [0, 0.1) is 6.92 Å². The molecular weight excluding hydrogens is 222 g/mol. The van der Waals surface area contributed by atoms with Gasteiger partial charge in [-0.15, -0.1) is 0 Å². The fourth-order valence-corrected chi connectivity index (χ4v) is 2.17. The highest BCUT2D eigenvalue weighted by Gasteiger charge is 2.15. The van der Waals surface area contributed by atoms with Gasteiger partial charge in [0.05, 0.1) is 6.10 Å². The number of hydrogen-bond acceptors (Lipinski definition) is 5. The van der Waals surface area contributed by atoms with Gasteiger partial charge in [0, 0.05) is 24.9 Å². The van der Waals surface area contributed by atoms with Crippen molar-refractivity contribution >= 4 is 17.6 Å². The van der Waals surface area contributed by atoms with E-state index in [0.29, 0.717) is 6.10 Å². The van der Waals surface area contributed by atoms with Crippen LogP contribution in [0.15, 0.2) is 11.2 Å². The van der Waals surface area contributed by atoms with E-state index in [-0.39, 0.29) is 0 Å². The Morgan fingerprint density at radius 3 is 3.12 bits per heavy atom. The molecule has 1 N–H and O–H groups in total. The number of nitrogens with one attached hydrogen (secondary N) is 1. The maximum atomic E-state index is 5.55. The van der Waals surface area contributed by atoms with Crippen molar-refractivity contribution in [3.63, 3.8) is 0 Å². The van der Waals surface area contributed by atoms with Gasteiger partial charge in [0.25, 0.3) is 0 Å². The van der Waals surface area contributed by atoms with E-state index in [4.69, 9.17) is 4.74 Å². The van der Waals surface area contributed by atoms with Crippen LogP contribution >= 0.6 is 11.8 Å². The molecule has 0 spiro atoms. The Morgan fingerprint density at radius 2 is 2.44 bits per heavy atom. The first-order valence-electron chi connectivity index (χ1n) is 5.53. The molecule has 1 unspecified atom stereocenters. The standard InChI is InChI=1S/C11H17N3OS/c1-8-6-10(14-11(13-8)16-2)12-7-9-4-3-5-15-9/h6,9H,3-5,7H2,1-2H3,(H,12,13,14). The van der Waals surface area contributed by atoms with Crippen LogP contribution in [0.5, 0.6) is 0 Å². The van der Waals surface area contributed by atoms with E-state index in [0.717, 1.165) is 36.2 Å². The van der Waals surface area contributed by atoms with E-state index in [1.54, 1.807) is 11.8 Å². The summed E-state index contributed by atoms with van der Waals surface area (Å²) in [5.74, 6) is 0.896. The SMILES string of the molecule is CSc1nc(C)cc(NCC2CCCO2)n1. The van der Waals surface area contributed by atoms with Gasteiger partial charge in [0.15, 0.2) is 5.16 Å². The van der Waals surface area contributed by atoms with Gasteiger partial charge < -0.3 is 10.1 Å². The van der Waals surface area contributed by atoms with Gasteiger partial charge in [-0.2, -0.15) is 0 Å². The summed E-state index contributed by atoms with van der Waals surface area (Å²) in [5, 5.41) is 4.13. The second-order valence-electron chi connectivity index (χ2n) is 3.90. The maximum absolute atomic E-state index is 5.55. The van der Waals surface area contributed by atoms with Crippen LogP contribution in [0.3, 0.4) is 0 Å². The van der Waals surface area contributed by atoms with Gasteiger partial charge in [-0.3, -0.25) is 0 Å². The molecule has 88 valence electrons. The zero-order valence-corrected chi connectivity index (χ0v) is 10.5. The van der Waals surface area contributed by atoms with Gasteiger partial charge >= 0.3 is 0 Å². The second kappa shape index (κ2) is 5.50. The summed E-state index contributed by atoms with van der Waals surface area (Å²) in [6, 6.07) is 1.97. The molecule has 0 saturated carbocycles. The Balaban J connectivity index is 1.94. The molecule has 5 heteroatoms. The minimum Gasteiger partial charge on any atom is -0.376 e. The zero-order chi connectivity index (χ0) is 11.4. The number of nitrogens with zero attached hydrogens (tertiary/aromatic N) is 2. The topological polar surface area (TPSA) is 47.0 Å². The van der Waals surface area contributed by atoms with Gasteiger partial charge in [0.2, 0.25) is 0 Å². The van der Waals surface area contributed by atoms with Crippen LogP contribution in [-0.2, 0) is 4.74 Å². The van der Waals surface area contributed by atoms with E-state index in [1.165, 1.54) is 6.42 Å². The van der Waals surface area contributed by atoms with Crippen molar-refractivity contribution in [1.82, 2.24) is 9.97 Å². The van der Waals surface area contributed by atoms with Gasteiger partial charge in [0.1, 0.15) is 5.82 Å². The van der Waals surface area contributed by atoms with Crippen LogP contribution in [0.2, 0.25) is 0 Å². The number of anilines is 1. The van der Waals surface area contributed by atoms with E-state index in [2.05, 4.69) is 15.3 Å². The summed E-state index contributed by atoms with van der Waals surface area (Å²) in [4.78, 5) is 8.71. The lowest BCUT2D eigenvalue weighted by Crippen LogP contribution is -2.19. The molecule has 0 amide bonds. The summed E-state index contributed by atoms with van der Waals surface area (Å²) in [5.41, 5.74) is 0.995. The van der Waals surface area contributed by atoms with Crippen molar-refractivity contribution in [2.45, 2.75) is 31.0 Å². The average molecular weight is 239 g/mol. The number of rotatable bonds is 4. The molecular formula is C11H17N3OS. The first-order valence-corrected chi connectivity index (χ1v) is 6.75. The Labute approximate surface area is 100 Å². The first kappa shape index (κ1) is 11.7. The second-order valence-corrected chi connectivity index (χ2v) is 4.67. The molecule has 1 aliphatic heterocycles. The predicted octanol–water partition coefficient (Wildman–Crippen LogP) is 2.10. The van der Waals surface area contributed by atoms with Crippen molar-refractivity contribution in [1.29, 1.82) is 0 Å². The van der Waals surface area contributed by atoms with E-state index in [1.807, 2.05) is 19.2 Å². The smallest absolute Gasteiger partial charge is 0.189 e. The lowest BCUT2D eigenvalue weighted by Gasteiger charge is -2.11. The lowest BCUT2D eigenvalue weighted by atomic mass is 10.2. The molecule has 1 aliphatic rings. The van der Waals surface area contributed by atoms with Gasteiger partial charge in [-0.25, -0.2) is 9.97 Å². The van der Waals surface area contributed by atoms with Crippen LogP contribution < -0.4 is 5.32 Å². The third kappa shape index (κ3) is 3.09. The summed E-state index contributed by atoms with van der Waals surface area (Å²) in [6.45, 7) is 3.72. The number of thioether (sulfide) groups is 1. The molecule has 4 nitrogen and oxygen atoms in total. The Kier molecular flexibility index (Phi) is 4.01. The van der Waals surface area contributed by atoms with E-state index < -0.39 is 0 Å². The average Bonchev–Trinajstić information content (AvgIpc) is 2.78. The third-order valence-corrected chi connectivity index (χ3v) is 3.10. The predicted molar refractivity (Wildman–Crippen MR) is 66.0 cm³/mol. The van der Waals surface area contributed by atoms with Crippen molar-refractivity contribution in [3.05, 3.63) is 11.8 Å². The fraction of sp³-hybridized carbons (Fsp3) is 0.636. The first-order chi connectivity index (χ1) is 7.78. The minimum absolute atomic E-state index is 0.341.